The summed E-state index contributed by atoms with van der Waals surface area (Å²) >= 11 is 0. The van der Waals surface area contributed by atoms with Gasteiger partial charge in [-0.25, -0.2) is 15.0 Å². The van der Waals surface area contributed by atoms with Crippen molar-refractivity contribution in [3.8, 4) is 0 Å². The summed E-state index contributed by atoms with van der Waals surface area (Å²) in [5.74, 6) is 0.847. The number of anilines is 1. The van der Waals surface area contributed by atoms with Crippen LogP contribution in [0.5, 0.6) is 0 Å². The predicted molar refractivity (Wildman–Crippen MR) is 83.4 cm³/mol. The largest absolute Gasteiger partial charge is 0.348 e. The van der Waals surface area contributed by atoms with Crippen LogP contribution in [0.4, 0.5) is 5.95 Å². The van der Waals surface area contributed by atoms with Crippen molar-refractivity contribution in [2.45, 2.75) is 33.0 Å². The third-order valence-corrected chi connectivity index (χ3v) is 3.90. The van der Waals surface area contributed by atoms with Gasteiger partial charge in [-0.2, -0.15) is 0 Å². The normalized spacial score (nSPS) is 26.0. The van der Waals surface area contributed by atoms with Crippen molar-refractivity contribution in [3.63, 3.8) is 0 Å². The first-order valence-electron chi connectivity index (χ1n) is 7.33. The maximum Gasteiger partial charge on any atom is 0.226 e. The van der Waals surface area contributed by atoms with Gasteiger partial charge in [0, 0.05) is 43.3 Å². The molecule has 0 spiro atoms. The van der Waals surface area contributed by atoms with Gasteiger partial charge in [0.15, 0.2) is 6.34 Å². The van der Waals surface area contributed by atoms with Gasteiger partial charge in [0.25, 0.3) is 0 Å². The zero-order valence-electron chi connectivity index (χ0n) is 12.7. The molecule has 0 amide bonds. The van der Waals surface area contributed by atoms with Crippen LogP contribution >= 0.6 is 0 Å². The summed E-state index contributed by atoms with van der Waals surface area (Å²) in [6.45, 7) is 9.10. The number of nitrogens with one attached hydrogen (secondary N) is 1. The number of nitrogens with zero attached hydrogens (tertiary/aromatic N) is 5. The Balaban J connectivity index is 1.70. The van der Waals surface area contributed by atoms with Crippen molar-refractivity contribution in [2.24, 2.45) is 4.99 Å². The molecule has 111 valence electrons. The van der Waals surface area contributed by atoms with Crippen LogP contribution in [0.1, 0.15) is 18.3 Å². The number of aryl methyl sites for hydroxylation is 2. The van der Waals surface area contributed by atoms with Crippen LogP contribution < -0.4 is 10.2 Å². The Morgan fingerprint density at radius 1 is 1.24 bits per heavy atom. The van der Waals surface area contributed by atoms with Crippen molar-refractivity contribution in [1.82, 2.24) is 20.2 Å². The van der Waals surface area contributed by atoms with E-state index in [1.807, 2.05) is 19.9 Å². The highest BCUT2D eigenvalue weighted by Crippen LogP contribution is 2.19. The Morgan fingerprint density at radius 3 is 2.62 bits per heavy atom. The van der Waals surface area contributed by atoms with Crippen LogP contribution in [-0.2, 0) is 0 Å². The van der Waals surface area contributed by atoms with Crippen LogP contribution in [0.3, 0.4) is 0 Å². The van der Waals surface area contributed by atoms with Gasteiger partial charge in [-0.05, 0) is 32.9 Å². The molecular weight excluding hydrogens is 264 g/mol. The molecule has 2 atom stereocenters. The number of aromatic nitrogens is 2. The molecule has 0 saturated carbocycles. The fourth-order valence-corrected chi connectivity index (χ4v) is 2.90. The van der Waals surface area contributed by atoms with Gasteiger partial charge in [-0.3, -0.25) is 4.90 Å². The van der Waals surface area contributed by atoms with Crippen LogP contribution in [0.2, 0.25) is 0 Å². The van der Waals surface area contributed by atoms with Gasteiger partial charge in [-0.1, -0.05) is 0 Å². The molecule has 1 saturated heterocycles. The molecule has 2 aliphatic rings. The summed E-state index contributed by atoms with van der Waals surface area (Å²) in [5, 5.41) is 3.15. The molecule has 2 aliphatic heterocycles. The van der Waals surface area contributed by atoms with E-state index in [1.54, 1.807) is 6.20 Å². The Labute approximate surface area is 125 Å². The standard InChI is InChI=1S/C15H21N6/c1-11-8-12(2)19-15(18-11)21-7-6-20(9-13(21)3)14-4-5-16-10-17-14/h4-5,8,13-14H,6-7,9H2,1-3H3,(H,16,17)/t13-,14?/m0/s1. The number of piperazine rings is 1. The second kappa shape index (κ2) is 5.81. The van der Waals surface area contributed by atoms with E-state index >= 15 is 0 Å². The smallest absolute Gasteiger partial charge is 0.226 e. The lowest BCUT2D eigenvalue weighted by Gasteiger charge is -2.42. The summed E-state index contributed by atoms with van der Waals surface area (Å²) in [6.07, 6.45) is 6.86. The molecule has 1 unspecified atom stereocenters. The van der Waals surface area contributed by atoms with Gasteiger partial charge >= 0.3 is 0 Å². The summed E-state index contributed by atoms with van der Waals surface area (Å²) in [6, 6.07) is 2.38. The molecule has 1 N–H and O–H groups in total. The second-order valence-corrected chi connectivity index (χ2v) is 5.66. The highest BCUT2D eigenvalue weighted by Gasteiger charge is 2.29. The molecule has 1 aromatic heterocycles. The lowest BCUT2D eigenvalue weighted by Crippen LogP contribution is -2.58. The van der Waals surface area contributed by atoms with Gasteiger partial charge in [0.1, 0.15) is 6.17 Å². The number of hydrogen-bond donors (Lipinski definition) is 1. The Hall–Kier alpha value is -1.95. The van der Waals surface area contributed by atoms with Gasteiger partial charge in [0.05, 0.1) is 0 Å². The lowest BCUT2D eigenvalue weighted by molar-refractivity contribution is 0.181. The van der Waals surface area contributed by atoms with Gasteiger partial charge in [-0.15, -0.1) is 0 Å². The first-order chi connectivity index (χ1) is 10.1. The minimum absolute atomic E-state index is 0.187. The average molecular weight is 285 g/mol. The third-order valence-electron chi connectivity index (χ3n) is 3.90. The first kappa shape index (κ1) is 14.0. The van der Waals surface area contributed by atoms with E-state index in [1.165, 1.54) is 0 Å². The Bertz CT molecular complexity index is 547. The number of aliphatic imine (C=N–C) groups is 1. The molecule has 6 heteroatoms. The SMILES string of the molecule is Cc1cc(C)nc(N2CCN(C3C=CN=[C]N3)C[C@@H]2C)n1. The van der Waals surface area contributed by atoms with E-state index < -0.39 is 0 Å². The average Bonchev–Trinajstić information content (AvgIpc) is 2.47. The first-order valence-corrected chi connectivity index (χ1v) is 7.33. The van der Waals surface area contributed by atoms with Crippen LogP contribution in [-0.4, -0.2) is 53.0 Å². The van der Waals surface area contributed by atoms with Crippen molar-refractivity contribution in [1.29, 1.82) is 0 Å². The van der Waals surface area contributed by atoms with Gasteiger partial charge < -0.3 is 10.2 Å². The van der Waals surface area contributed by atoms with E-state index in [0.717, 1.165) is 37.0 Å². The summed E-state index contributed by atoms with van der Waals surface area (Å²) in [4.78, 5) is 17.8. The molecule has 6 nitrogen and oxygen atoms in total. The quantitative estimate of drug-likeness (QED) is 0.877. The molecule has 1 radical (unpaired) electrons. The molecule has 1 fully saturated rings. The van der Waals surface area contributed by atoms with Crippen molar-refractivity contribution in [2.75, 3.05) is 24.5 Å². The fraction of sp³-hybridized carbons (Fsp3) is 0.533. The Morgan fingerprint density at radius 2 is 2.00 bits per heavy atom. The number of rotatable bonds is 2. The topological polar surface area (TPSA) is 56.7 Å². The van der Waals surface area contributed by atoms with Crippen molar-refractivity contribution >= 4 is 12.3 Å². The zero-order valence-corrected chi connectivity index (χ0v) is 12.7. The van der Waals surface area contributed by atoms with Crippen molar-refractivity contribution in [3.05, 3.63) is 29.7 Å². The molecule has 3 rings (SSSR count). The molecule has 3 heterocycles. The van der Waals surface area contributed by atoms with Crippen LogP contribution in [0.25, 0.3) is 0 Å². The molecule has 1 aromatic rings. The van der Waals surface area contributed by atoms with E-state index in [4.69, 9.17) is 0 Å². The molecule has 21 heavy (non-hydrogen) atoms. The molecule has 0 aromatic carbocycles. The number of hydrogen-bond acceptors (Lipinski definition) is 6. The highest BCUT2D eigenvalue weighted by molar-refractivity contribution is 5.57. The predicted octanol–water partition coefficient (Wildman–Crippen LogP) is 0.952. The van der Waals surface area contributed by atoms with Crippen LogP contribution in [0, 0.1) is 13.8 Å². The fourth-order valence-electron chi connectivity index (χ4n) is 2.90. The maximum absolute atomic E-state index is 4.58. The summed E-state index contributed by atoms with van der Waals surface area (Å²) in [7, 11) is 0. The lowest BCUT2D eigenvalue weighted by atomic mass is 10.2. The van der Waals surface area contributed by atoms with E-state index in [0.29, 0.717) is 6.04 Å². The van der Waals surface area contributed by atoms with Crippen LogP contribution in [0.15, 0.2) is 23.3 Å². The monoisotopic (exact) mass is 285 g/mol. The van der Waals surface area contributed by atoms with Crippen molar-refractivity contribution < 1.29 is 0 Å². The van der Waals surface area contributed by atoms with E-state index in [-0.39, 0.29) is 6.17 Å². The minimum Gasteiger partial charge on any atom is -0.348 e. The minimum atomic E-state index is 0.187. The maximum atomic E-state index is 4.58. The zero-order chi connectivity index (χ0) is 14.8. The van der Waals surface area contributed by atoms with E-state index in [9.17, 15) is 0 Å². The Kier molecular flexibility index (Phi) is 3.88. The summed E-state index contributed by atoms with van der Waals surface area (Å²) < 4.78 is 0. The summed E-state index contributed by atoms with van der Waals surface area (Å²) in [5.41, 5.74) is 2.05. The second-order valence-electron chi connectivity index (χ2n) is 5.66. The van der Waals surface area contributed by atoms with E-state index in [2.05, 4.69) is 49.4 Å². The molecular formula is C15H21N6. The highest BCUT2D eigenvalue weighted by atomic mass is 15.4. The molecule has 0 aliphatic carbocycles. The molecule has 0 bridgehead atoms. The third kappa shape index (κ3) is 3.05. The van der Waals surface area contributed by atoms with Gasteiger partial charge in [0.2, 0.25) is 5.95 Å².